The summed E-state index contributed by atoms with van der Waals surface area (Å²) in [6.07, 6.45) is 1.39. The van der Waals surface area contributed by atoms with E-state index in [1.165, 1.54) is 23.2 Å². The second-order valence-corrected chi connectivity index (χ2v) is 7.56. The Morgan fingerprint density at radius 3 is 2.67 bits per heavy atom. The van der Waals surface area contributed by atoms with E-state index in [2.05, 4.69) is 40.4 Å². The van der Waals surface area contributed by atoms with Crippen molar-refractivity contribution in [3.8, 4) is 16.9 Å². The molecular weight excluding hydrogens is 394 g/mol. The first-order valence-corrected chi connectivity index (χ1v) is 10.2. The van der Waals surface area contributed by atoms with Gasteiger partial charge in [0.1, 0.15) is 23.7 Å². The normalized spacial score (nSPS) is 10.6. The van der Waals surface area contributed by atoms with Crippen LogP contribution in [0.25, 0.3) is 11.1 Å². The van der Waals surface area contributed by atoms with E-state index in [0.29, 0.717) is 17.1 Å². The maximum absolute atomic E-state index is 8.61. The van der Waals surface area contributed by atoms with Gasteiger partial charge in [-0.25, -0.2) is 9.97 Å². The van der Waals surface area contributed by atoms with Gasteiger partial charge in [-0.05, 0) is 41.6 Å². The molecule has 0 saturated carbocycles. The van der Waals surface area contributed by atoms with Crippen LogP contribution in [0.4, 0.5) is 17.3 Å². The molecule has 0 aliphatic heterocycles. The van der Waals surface area contributed by atoms with Crippen molar-refractivity contribution >= 4 is 34.4 Å². The van der Waals surface area contributed by atoms with E-state index in [9.17, 15) is 0 Å². The molecule has 0 spiro atoms. The fraction of sp³-hybridized carbons (Fsp3) is 0.0870. The number of hydrogen-bond donors (Lipinski definition) is 3. The maximum atomic E-state index is 8.61. The van der Waals surface area contributed by atoms with Gasteiger partial charge in [0.15, 0.2) is 0 Å². The van der Waals surface area contributed by atoms with Gasteiger partial charge in [-0.1, -0.05) is 35.9 Å². The SMILES string of the molecule is COc1ccc(-c2cccc(C)c2)cc1Nc1ncnc(N)c1C(=N)c1ccsc1. The molecule has 4 N–H and O–H groups in total. The first-order chi connectivity index (χ1) is 14.6. The lowest BCUT2D eigenvalue weighted by Crippen LogP contribution is -2.12. The summed E-state index contributed by atoms with van der Waals surface area (Å²) in [4.78, 5) is 8.45. The molecule has 0 aliphatic rings. The summed E-state index contributed by atoms with van der Waals surface area (Å²) < 4.78 is 5.55. The Bertz CT molecular complexity index is 1200. The molecule has 0 unspecified atom stereocenters. The first-order valence-electron chi connectivity index (χ1n) is 9.31. The minimum absolute atomic E-state index is 0.248. The third-order valence-corrected chi connectivity index (χ3v) is 5.42. The number of thiophene rings is 1. The Labute approximate surface area is 178 Å². The average Bonchev–Trinajstić information content (AvgIpc) is 3.28. The molecule has 150 valence electrons. The van der Waals surface area contributed by atoms with Gasteiger partial charge in [0, 0.05) is 10.9 Å². The number of nitrogens with zero attached hydrogens (tertiary/aromatic N) is 2. The Balaban J connectivity index is 1.77. The molecule has 4 rings (SSSR count). The van der Waals surface area contributed by atoms with Crippen molar-refractivity contribution in [2.75, 3.05) is 18.2 Å². The number of benzene rings is 2. The van der Waals surface area contributed by atoms with E-state index < -0.39 is 0 Å². The molecule has 0 radical (unpaired) electrons. The number of hydrogen-bond acceptors (Lipinski definition) is 7. The summed E-state index contributed by atoms with van der Waals surface area (Å²) >= 11 is 1.52. The number of rotatable bonds is 6. The monoisotopic (exact) mass is 415 g/mol. The van der Waals surface area contributed by atoms with Crippen molar-refractivity contribution in [1.29, 1.82) is 5.41 Å². The Kier molecular flexibility index (Phi) is 5.45. The molecule has 4 aromatic rings. The molecule has 0 fully saturated rings. The summed E-state index contributed by atoms with van der Waals surface area (Å²) in [5.41, 5.74) is 11.7. The van der Waals surface area contributed by atoms with E-state index >= 15 is 0 Å². The molecule has 0 amide bonds. The fourth-order valence-electron chi connectivity index (χ4n) is 3.23. The highest BCUT2D eigenvalue weighted by Crippen LogP contribution is 2.34. The van der Waals surface area contributed by atoms with E-state index in [-0.39, 0.29) is 11.5 Å². The van der Waals surface area contributed by atoms with Crippen LogP contribution in [0.1, 0.15) is 16.7 Å². The van der Waals surface area contributed by atoms with Crippen LogP contribution in [-0.2, 0) is 0 Å². The van der Waals surface area contributed by atoms with Gasteiger partial charge >= 0.3 is 0 Å². The molecule has 0 atom stereocenters. The van der Waals surface area contributed by atoms with Gasteiger partial charge in [0.2, 0.25) is 0 Å². The Morgan fingerprint density at radius 2 is 1.93 bits per heavy atom. The van der Waals surface area contributed by atoms with E-state index in [4.69, 9.17) is 15.9 Å². The number of aryl methyl sites for hydroxylation is 1. The van der Waals surface area contributed by atoms with Crippen LogP contribution in [0.15, 0.2) is 65.6 Å². The number of ether oxygens (including phenoxy) is 1. The molecule has 2 aromatic carbocycles. The second-order valence-electron chi connectivity index (χ2n) is 6.78. The van der Waals surface area contributed by atoms with E-state index in [1.54, 1.807) is 7.11 Å². The van der Waals surface area contributed by atoms with Crippen LogP contribution >= 0.6 is 11.3 Å². The van der Waals surface area contributed by atoms with Crippen LogP contribution in [0.5, 0.6) is 5.75 Å². The number of nitrogens with two attached hydrogens (primary N) is 1. The average molecular weight is 416 g/mol. The minimum atomic E-state index is 0.248. The van der Waals surface area contributed by atoms with Crippen LogP contribution in [0.2, 0.25) is 0 Å². The van der Waals surface area contributed by atoms with Gasteiger partial charge in [-0.2, -0.15) is 11.3 Å². The minimum Gasteiger partial charge on any atom is -0.495 e. The van der Waals surface area contributed by atoms with E-state index in [1.807, 2.05) is 41.1 Å². The largest absolute Gasteiger partial charge is 0.495 e. The second kappa shape index (κ2) is 8.34. The predicted molar refractivity (Wildman–Crippen MR) is 123 cm³/mol. The zero-order valence-electron chi connectivity index (χ0n) is 16.6. The number of methoxy groups -OCH3 is 1. The van der Waals surface area contributed by atoms with Crippen molar-refractivity contribution in [2.24, 2.45) is 0 Å². The number of aromatic nitrogens is 2. The Hall–Kier alpha value is -3.71. The van der Waals surface area contributed by atoms with Crippen LogP contribution in [-0.4, -0.2) is 22.8 Å². The smallest absolute Gasteiger partial charge is 0.145 e. The van der Waals surface area contributed by atoms with Gasteiger partial charge in [0.25, 0.3) is 0 Å². The number of anilines is 3. The predicted octanol–water partition coefficient (Wildman–Crippen LogP) is 5.26. The zero-order chi connectivity index (χ0) is 21.1. The number of nitrogen functional groups attached to an aromatic ring is 1. The summed E-state index contributed by atoms with van der Waals surface area (Å²) in [5, 5.41) is 15.7. The zero-order valence-corrected chi connectivity index (χ0v) is 17.5. The van der Waals surface area contributed by atoms with Crippen molar-refractivity contribution in [3.05, 3.63) is 82.3 Å². The molecule has 7 heteroatoms. The highest BCUT2D eigenvalue weighted by molar-refractivity contribution is 7.08. The molecule has 2 aromatic heterocycles. The summed E-state index contributed by atoms with van der Waals surface area (Å²) in [7, 11) is 1.62. The van der Waals surface area contributed by atoms with Crippen molar-refractivity contribution < 1.29 is 4.74 Å². The third kappa shape index (κ3) is 3.88. The quantitative estimate of drug-likeness (QED) is 0.373. The molecule has 2 heterocycles. The summed E-state index contributed by atoms with van der Waals surface area (Å²) in [6, 6.07) is 16.1. The highest BCUT2D eigenvalue weighted by atomic mass is 32.1. The highest BCUT2D eigenvalue weighted by Gasteiger charge is 2.18. The molecule has 0 saturated heterocycles. The standard InChI is InChI=1S/C23H21N5OS/c1-14-4-3-5-15(10-14)16-6-7-19(29-2)18(11-16)28-23-20(22(25)26-13-27-23)21(24)17-8-9-30-12-17/h3-13,24H,1-2H3,(H3,25,26,27,28). The van der Waals surface area contributed by atoms with Crippen LogP contribution in [0.3, 0.4) is 0 Å². The molecule has 6 nitrogen and oxygen atoms in total. The molecule has 0 bridgehead atoms. The van der Waals surface area contributed by atoms with Gasteiger partial charge in [0.05, 0.1) is 24.1 Å². The number of nitrogens with one attached hydrogen (secondary N) is 2. The summed E-state index contributed by atoms with van der Waals surface area (Å²) in [5.74, 6) is 1.37. The topological polar surface area (TPSA) is 96.9 Å². The van der Waals surface area contributed by atoms with Crippen molar-refractivity contribution in [3.63, 3.8) is 0 Å². The van der Waals surface area contributed by atoms with Crippen LogP contribution in [0, 0.1) is 12.3 Å². The lowest BCUT2D eigenvalue weighted by molar-refractivity contribution is 0.417. The van der Waals surface area contributed by atoms with Crippen LogP contribution < -0.4 is 15.8 Å². The van der Waals surface area contributed by atoms with Gasteiger partial charge in [-0.15, -0.1) is 0 Å². The fourth-order valence-corrected chi connectivity index (χ4v) is 3.88. The molecular formula is C23H21N5OS. The lowest BCUT2D eigenvalue weighted by Gasteiger charge is -2.16. The Morgan fingerprint density at radius 1 is 1.10 bits per heavy atom. The third-order valence-electron chi connectivity index (χ3n) is 4.74. The summed E-state index contributed by atoms with van der Waals surface area (Å²) in [6.45, 7) is 2.07. The molecule has 30 heavy (non-hydrogen) atoms. The maximum Gasteiger partial charge on any atom is 0.145 e. The molecule has 0 aliphatic carbocycles. The van der Waals surface area contributed by atoms with Gasteiger partial charge in [-0.3, -0.25) is 5.41 Å². The van der Waals surface area contributed by atoms with Crippen molar-refractivity contribution in [1.82, 2.24) is 9.97 Å². The van der Waals surface area contributed by atoms with E-state index in [0.717, 1.165) is 22.4 Å². The lowest BCUT2D eigenvalue weighted by atomic mass is 10.0. The van der Waals surface area contributed by atoms with Gasteiger partial charge < -0.3 is 15.8 Å². The first kappa shape index (κ1) is 19.6. The van der Waals surface area contributed by atoms with Crippen molar-refractivity contribution in [2.45, 2.75) is 6.92 Å².